The first-order valence-corrected chi connectivity index (χ1v) is 6.04. The van der Waals surface area contributed by atoms with Crippen LogP contribution in [0.2, 0.25) is 0 Å². The van der Waals surface area contributed by atoms with Gasteiger partial charge in [-0.3, -0.25) is 4.79 Å². The van der Waals surface area contributed by atoms with Crippen molar-refractivity contribution < 1.29 is 9.53 Å². The van der Waals surface area contributed by atoms with Gasteiger partial charge in [-0.1, -0.05) is 30.3 Å². The molecule has 0 N–H and O–H groups in total. The van der Waals surface area contributed by atoms with Crippen molar-refractivity contribution in [2.24, 2.45) is 0 Å². The zero-order valence-electron chi connectivity index (χ0n) is 9.71. The van der Waals surface area contributed by atoms with Gasteiger partial charge in [-0.15, -0.1) is 0 Å². The van der Waals surface area contributed by atoms with Crippen LogP contribution in [0.4, 0.5) is 0 Å². The van der Waals surface area contributed by atoms with Crippen LogP contribution in [-0.2, 0) is 16.0 Å². The molecule has 0 aliphatic rings. The zero-order valence-corrected chi connectivity index (χ0v) is 10.5. The molecule has 0 saturated heterocycles. The fourth-order valence-electron chi connectivity index (χ4n) is 1.56. The highest BCUT2D eigenvalue weighted by molar-refractivity contribution is 7.06. The van der Waals surface area contributed by atoms with Gasteiger partial charge in [-0.05, 0) is 11.5 Å². The molecule has 5 heteroatoms. The molecular weight excluding hydrogens is 248 g/mol. The molecule has 0 atom stereocenters. The summed E-state index contributed by atoms with van der Waals surface area (Å²) in [4.78, 5) is 11.9. The Balaban J connectivity index is 2.40. The normalized spacial score (nSPS) is 9.78. The summed E-state index contributed by atoms with van der Waals surface area (Å²) in [5, 5.41) is 9.20. The van der Waals surface area contributed by atoms with Crippen LogP contribution in [0.15, 0.2) is 30.3 Å². The maximum absolute atomic E-state index is 11.2. The minimum atomic E-state index is -0.366. The van der Waals surface area contributed by atoms with Crippen molar-refractivity contribution in [2.75, 3.05) is 7.11 Å². The Kier molecular flexibility index (Phi) is 3.70. The van der Waals surface area contributed by atoms with Crippen LogP contribution in [0.5, 0.6) is 0 Å². The lowest BCUT2D eigenvalue weighted by Crippen LogP contribution is -2.04. The largest absolute Gasteiger partial charge is 0.469 e. The Hall–Kier alpha value is -2.19. The van der Waals surface area contributed by atoms with Crippen LogP contribution in [0.3, 0.4) is 0 Å². The number of benzene rings is 1. The number of rotatable bonds is 3. The van der Waals surface area contributed by atoms with E-state index in [1.54, 1.807) is 0 Å². The van der Waals surface area contributed by atoms with Crippen LogP contribution in [0.1, 0.15) is 10.4 Å². The number of methoxy groups -OCH3 is 1. The summed E-state index contributed by atoms with van der Waals surface area (Å²) in [5.74, 6) is -0.366. The topological polar surface area (TPSA) is 63.0 Å². The number of hydrogen-bond donors (Lipinski definition) is 0. The number of carbonyl (C=O) groups is 1. The monoisotopic (exact) mass is 258 g/mol. The van der Waals surface area contributed by atoms with Crippen LogP contribution >= 0.6 is 11.5 Å². The molecule has 0 unspecified atom stereocenters. The molecule has 0 amide bonds. The predicted molar refractivity (Wildman–Crippen MR) is 68.0 cm³/mol. The third-order valence-electron chi connectivity index (χ3n) is 2.45. The fourth-order valence-corrected chi connectivity index (χ4v) is 2.37. The number of esters is 1. The van der Waals surface area contributed by atoms with Crippen LogP contribution in [0.25, 0.3) is 11.3 Å². The van der Waals surface area contributed by atoms with E-state index in [0.717, 1.165) is 5.56 Å². The van der Waals surface area contributed by atoms with Gasteiger partial charge in [-0.2, -0.15) is 9.64 Å². The average molecular weight is 258 g/mol. The highest BCUT2D eigenvalue weighted by Crippen LogP contribution is 2.28. The first-order valence-electron chi connectivity index (χ1n) is 5.27. The Morgan fingerprint density at radius 1 is 1.44 bits per heavy atom. The molecule has 18 heavy (non-hydrogen) atoms. The second kappa shape index (κ2) is 5.43. The van der Waals surface area contributed by atoms with Crippen molar-refractivity contribution in [3.63, 3.8) is 0 Å². The van der Waals surface area contributed by atoms with Gasteiger partial charge in [0.25, 0.3) is 0 Å². The molecule has 90 valence electrons. The van der Waals surface area contributed by atoms with E-state index in [-0.39, 0.29) is 12.4 Å². The molecule has 1 aromatic heterocycles. The Bertz CT molecular complexity index is 599. The summed E-state index contributed by atoms with van der Waals surface area (Å²) in [5.41, 5.74) is 1.96. The molecule has 0 radical (unpaired) electrons. The molecule has 0 saturated carbocycles. The molecule has 0 aliphatic carbocycles. The van der Waals surface area contributed by atoms with E-state index in [4.69, 9.17) is 0 Å². The average Bonchev–Trinajstić information content (AvgIpc) is 2.82. The van der Waals surface area contributed by atoms with E-state index in [2.05, 4.69) is 15.2 Å². The summed E-state index contributed by atoms with van der Waals surface area (Å²) in [6, 6.07) is 11.6. The summed E-state index contributed by atoms with van der Waals surface area (Å²) < 4.78 is 8.86. The summed E-state index contributed by atoms with van der Waals surface area (Å²) in [6.07, 6.45) is 0.0872. The third kappa shape index (κ3) is 2.39. The molecule has 1 heterocycles. The predicted octanol–water partition coefficient (Wildman–Crippen LogP) is 2.40. The highest BCUT2D eigenvalue weighted by Gasteiger charge is 2.17. The number of hydrogen-bond acceptors (Lipinski definition) is 5. The quantitative estimate of drug-likeness (QED) is 0.793. The maximum atomic E-state index is 11.2. The smallest absolute Gasteiger partial charge is 0.310 e. The second-order valence-electron chi connectivity index (χ2n) is 3.56. The summed E-state index contributed by atoms with van der Waals surface area (Å²) in [7, 11) is 1.33. The second-order valence-corrected chi connectivity index (χ2v) is 4.42. The van der Waals surface area contributed by atoms with Gasteiger partial charge in [-0.25, -0.2) is 0 Å². The Morgan fingerprint density at radius 3 is 2.78 bits per heavy atom. The lowest BCUT2D eigenvalue weighted by molar-refractivity contribution is -0.139. The molecule has 0 spiro atoms. The number of nitrogens with zero attached hydrogens (tertiary/aromatic N) is 2. The van der Waals surface area contributed by atoms with E-state index in [1.165, 1.54) is 18.6 Å². The third-order valence-corrected chi connectivity index (χ3v) is 3.30. The van der Waals surface area contributed by atoms with E-state index in [0.29, 0.717) is 16.1 Å². The number of carbonyl (C=O) groups excluding carboxylic acids is 1. The minimum Gasteiger partial charge on any atom is -0.469 e. The molecule has 0 bridgehead atoms. The standard InChI is InChI=1S/C13H10N2O2S/c1-17-12(16)7-11-10(8-14)13(15-18-11)9-5-3-2-4-6-9/h2-6H,7H2,1H3. The van der Waals surface area contributed by atoms with Gasteiger partial charge in [0, 0.05) is 5.56 Å². The lowest BCUT2D eigenvalue weighted by atomic mass is 10.1. The summed E-state index contributed by atoms with van der Waals surface area (Å²) in [6.45, 7) is 0. The molecular formula is C13H10N2O2S. The fraction of sp³-hybridized carbons (Fsp3) is 0.154. The van der Waals surface area contributed by atoms with Gasteiger partial charge in [0.2, 0.25) is 0 Å². The van der Waals surface area contributed by atoms with Crippen molar-refractivity contribution in [1.29, 1.82) is 5.26 Å². The van der Waals surface area contributed by atoms with Gasteiger partial charge >= 0.3 is 5.97 Å². The van der Waals surface area contributed by atoms with Crippen LogP contribution in [0, 0.1) is 11.3 Å². The zero-order chi connectivity index (χ0) is 13.0. The lowest BCUT2D eigenvalue weighted by Gasteiger charge is -1.98. The van der Waals surface area contributed by atoms with Gasteiger partial charge in [0.05, 0.1) is 24.0 Å². The molecule has 4 nitrogen and oxygen atoms in total. The number of aromatic nitrogens is 1. The van der Waals surface area contributed by atoms with Crippen LogP contribution < -0.4 is 0 Å². The van der Waals surface area contributed by atoms with E-state index in [1.807, 2.05) is 30.3 Å². The van der Waals surface area contributed by atoms with Crippen molar-refractivity contribution in [3.8, 4) is 17.3 Å². The highest BCUT2D eigenvalue weighted by atomic mass is 32.1. The van der Waals surface area contributed by atoms with E-state index >= 15 is 0 Å². The number of ether oxygens (including phenoxy) is 1. The van der Waals surface area contributed by atoms with Crippen molar-refractivity contribution in [3.05, 3.63) is 40.8 Å². The number of nitriles is 1. The van der Waals surface area contributed by atoms with E-state index in [9.17, 15) is 10.1 Å². The minimum absolute atomic E-state index is 0.0872. The van der Waals surface area contributed by atoms with Crippen LogP contribution in [-0.4, -0.2) is 17.5 Å². The Labute approximate surface area is 109 Å². The van der Waals surface area contributed by atoms with Crippen molar-refractivity contribution in [2.45, 2.75) is 6.42 Å². The van der Waals surface area contributed by atoms with Crippen molar-refractivity contribution in [1.82, 2.24) is 4.37 Å². The summed E-state index contributed by atoms with van der Waals surface area (Å²) >= 11 is 1.17. The van der Waals surface area contributed by atoms with Gasteiger partial charge < -0.3 is 4.74 Å². The van der Waals surface area contributed by atoms with Gasteiger partial charge in [0.15, 0.2) is 0 Å². The molecule has 2 aromatic rings. The molecule has 0 aliphatic heterocycles. The molecule has 1 aromatic carbocycles. The van der Waals surface area contributed by atoms with Gasteiger partial charge in [0.1, 0.15) is 11.8 Å². The molecule has 2 rings (SSSR count). The first-order chi connectivity index (χ1) is 8.76. The van der Waals surface area contributed by atoms with E-state index < -0.39 is 0 Å². The maximum Gasteiger partial charge on any atom is 0.310 e. The Morgan fingerprint density at radius 2 is 2.17 bits per heavy atom. The molecule has 0 fully saturated rings. The SMILES string of the molecule is COC(=O)Cc1snc(-c2ccccc2)c1C#N. The first kappa shape index (κ1) is 12.3. The van der Waals surface area contributed by atoms with Crippen molar-refractivity contribution >= 4 is 17.5 Å².